The average Bonchev–Trinajstić information content (AvgIpc) is 2.95. The summed E-state index contributed by atoms with van der Waals surface area (Å²) in [6, 6.07) is 4.88. The molecule has 2 aliphatic rings. The van der Waals surface area contributed by atoms with Crippen molar-refractivity contribution >= 4 is 21.4 Å². The van der Waals surface area contributed by atoms with Gasteiger partial charge in [-0.3, -0.25) is 4.79 Å². The highest BCUT2D eigenvalue weighted by Crippen LogP contribution is 2.28. The Bertz CT molecular complexity index is 604. The van der Waals surface area contributed by atoms with E-state index in [0.29, 0.717) is 17.9 Å². The number of fused-ring (bicyclic) bond motifs is 1. The molecule has 18 heavy (non-hydrogen) atoms. The predicted molar refractivity (Wildman–Crippen MR) is 67.2 cm³/mol. The lowest BCUT2D eigenvalue weighted by atomic mass is 10.2. The molecule has 1 fully saturated rings. The van der Waals surface area contributed by atoms with E-state index in [0.717, 1.165) is 17.8 Å². The first-order valence-electron chi connectivity index (χ1n) is 5.95. The molecule has 1 saturated heterocycles. The van der Waals surface area contributed by atoms with E-state index in [4.69, 9.17) is 0 Å². The van der Waals surface area contributed by atoms with Gasteiger partial charge in [0.15, 0.2) is 9.84 Å². The molecular formula is C12H14N2O3S. The molecule has 3 rings (SSSR count). The maximum absolute atomic E-state index is 12.4. The summed E-state index contributed by atoms with van der Waals surface area (Å²) >= 11 is 0. The molecule has 0 bridgehead atoms. The molecule has 0 radical (unpaired) electrons. The topological polar surface area (TPSA) is 75.3 Å². The van der Waals surface area contributed by atoms with Crippen molar-refractivity contribution in [3.05, 3.63) is 23.8 Å². The van der Waals surface area contributed by atoms with E-state index in [-0.39, 0.29) is 17.6 Å². The molecular weight excluding hydrogens is 252 g/mol. The first-order chi connectivity index (χ1) is 8.57. The first kappa shape index (κ1) is 11.7. The van der Waals surface area contributed by atoms with Crippen LogP contribution in [0.5, 0.6) is 0 Å². The van der Waals surface area contributed by atoms with Crippen LogP contribution < -0.4 is 10.6 Å². The zero-order valence-corrected chi connectivity index (χ0v) is 10.6. The Kier molecular flexibility index (Phi) is 2.64. The summed E-state index contributed by atoms with van der Waals surface area (Å²) in [7, 11) is -3.28. The fourth-order valence-corrected chi connectivity index (χ4v) is 4.18. The highest BCUT2D eigenvalue weighted by molar-refractivity contribution is 7.92. The van der Waals surface area contributed by atoms with E-state index in [1.807, 2.05) is 0 Å². The van der Waals surface area contributed by atoms with E-state index in [2.05, 4.69) is 10.6 Å². The Morgan fingerprint density at radius 1 is 1.28 bits per heavy atom. The van der Waals surface area contributed by atoms with Crippen LogP contribution in [-0.2, 0) is 21.1 Å². The molecule has 96 valence electrons. The van der Waals surface area contributed by atoms with Gasteiger partial charge in [0.1, 0.15) is 0 Å². The summed E-state index contributed by atoms with van der Waals surface area (Å²) in [6.45, 7) is 1.26. The summed E-state index contributed by atoms with van der Waals surface area (Å²) < 4.78 is 24.7. The van der Waals surface area contributed by atoms with Crippen molar-refractivity contribution in [2.45, 2.75) is 23.0 Å². The summed E-state index contributed by atoms with van der Waals surface area (Å²) in [6.07, 6.45) is 0.915. The highest BCUT2D eigenvalue weighted by Gasteiger charge is 2.31. The number of hydrogen-bond donors (Lipinski definition) is 2. The van der Waals surface area contributed by atoms with Gasteiger partial charge in [0.05, 0.1) is 16.6 Å². The molecule has 5 nitrogen and oxygen atoms in total. The third-order valence-electron chi connectivity index (χ3n) is 3.48. The van der Waals surface area contributed by atoms with Crippen LogP contribution in [-0.4, -0.2) is 32.7 Å². The Morgan fingerprint density at radius 3 is 2.83 bits per heavy atom. The van der Waals surface area contributed by atoms with Crippen LogP contribution in [0.1, 0.15) is 12.0 Å². The minimum absolute atomic E-state index is 0.0814. The maximum Gasteiger partial charge on any atom is 0.228 e. The van der Waals surface area contributed by atoms with Gasteiger partial charge in [-0.1, -0.05) is 0 Å². The van der Waals surface area contributed by atoms with Crippen molar-refractivity contribution in [2.24, 2.45) is 0 Å². The number of carbonyl (C=O) groups is 1. The van der Waals surface area contributed by atoms with Crippen LogP contribution in [0.15, 0.2) is 23.1 Å². The molecule has 1 amide bonds. The molecule has 0 aromatic heterocycles. The third kappa shape index (κ3) is 1.81. The van der Waals surface area contributed by atoms with Crippen molar-refractivity contribution in [3.8, 4) is 0 Å². The van der Waals surface area contributed by atoms with E-state index < -0.39 is 9.84 Å². The molecule has 2 heterocycles. The maximum atomic E-state index is 12.4. The van der Waals surface area contributed by atoms with Crippen LogP contribution >= 0.6 is 0 Å². The van der Waals surface area contributed by atoms with Gasteiger partial charge in [0.25, 0.3) is 0 Å². The normalized spacial score (nSPS) is 22.9. The molecule has 0 saturated carbocycles. The molecule has 2 aliphatic heterocycles. The number of benzene rings is 1. The van der Waals surface area contributed by atoms with Crippen molar-refractivity contribution in [1.29, 1.82) is 0 Å². The Hall–Kier alpha value is -1.40. The standard InChI is InChI=1S/C12H14N2O3S/c15-12-6-8-5-9(1-2-11(8)14-12)18(16,17)10-3-4-13-7-10/h1-2,5,10,13H,3-4,6-7H2,(H,14,15)/t10-/m1/s1. The molecule has 1 aromatic rings. The highest BCUT2D eigenvalue weighted by atomic mass is 32.2. The predicted octanol–water partition coefficient (Wildman–Crippen LogP) is 0.317. The molecule has 0 spiro atoms. The van der Waals surface area contributed by atoms with Gasteiger partial charge in [-0.05, 0) is 36.7 Å². The Labute approximate surface area is 105 Å². The van der Waals surface area contributed by atoms with Crippen LogP contribution in [0.3, 0.4) is 0 Å². The van der Waals surface area contributed by atoms with Gasteiger partial charge < -0.3 is 10.6 Å². The zero-order chi connectivity index (χ0) is 12.8. The number of carbonyl (C=O) groups excluding carboxylic acids is 1. The molecule has 6 heteroatoms. The second-order valence-electron chi connectivity index (χ2n) is 4.70. The fourth-order valence-electron chi connectivity index (χ4n) is 2.47. The molecule has 1 atom stereocenters. The van der Waals surface area contributed by atoms with Crippen LogP contribution in [0.4, 0.5) is 5.69 Å². The third-order valence-corrected chi connectivity index (χ3v) is 5.68. The van der Waals surface area contributed by atoms with Gasteiger partial charge in [-0.2, -0.15) is 0 Å². The number of sulfone groups is 1. The minimum Gasteiger partial charge on any atom is -0.326 e. The SMILES string of the molecule is O=C1Cc2cc(S(=O)(=O)[C@@H]3CCNC3)ccc2N1. The zero-order valence-electron chi connectivity index (χ0n) is 9.77. The molecule has 1 aromatic carbocycles. The second-order valence-corrected chi connectivity index (χ2v) is 6.93. The van der Waals surface area contributed by atoms with Crippen molar-refractivity contribution in [2.75, 3.05) is 18.4 Å². The number of anilines is 1. The van der Waals surface area contributed by atoms with Gasteiger partial charge in [0.2, 0.25) is 5.91 Å². The second kappa shape index (κ2) is 4.07. The van der Waals surface area contributed by atoms with Crippen molar-refractivity contribution in [3.63, 3.8) is 0 Å². The number of amides is 1. The molecule has 0 aliphatic carbocycles. The molecule has 0 unspecified atom stereocenters. The van der Waals surface area contributed by atoms with Gasteiger partial charge in [-0.25, -0.2) is 8.42 Å². The number of hydrogen-bond acceptors (Lipinski definition) is 4. The van der Waals surface area contributed by atoms with Gasteiger partial charge in [-0.15, -0.1) is 0 Å². The summed E-state index contributed by atoms with van der Waals surface area (Å²) in [5.41, 5.74) is 1.50. The summed E-state index contributed by atoms with van der Waals surface area (Å²) in [5.74, 6) is -0.0814. The van der Waals surface area contributed by atoms with E-state index >= 15 is 0 Å². The van der Waals surface area contributed by atoms with E-state index in [1.54, 1.807) is 18.2 Å². The average molecular weight is 266 g/mol. The smallest absolute Gasteiger partial charge is 0.228 e. The largest absolute Gasteiger partial charge is 0.326 e. The van der Waals surface area contributed by atoms with E-state index in [9.17, 15) is 13.2 Å². The Morgan fingerprint density at radius 2 is 2.11 bits per heavy atom. The number of rotatable bonds is 2. The van der Waals surface area contributed by atoms with Gasteiger partial charge in [0, 0.05) is 12.2 Å². The lowest BCUT2D eigenvalue weighted by molar-refractivity contribution is -0.115. The minimum atomic E-state index is -3.28. The summed E-state index contributed by atoms with van der Waals surface area (Å²) in [4.78, 5) is 11.6. The number of nitrogens with one attached hydrogen (secondary N) is 2. The van der Waals surface area contributed by atoms with Gasteiger partial charge >= 0.3 is 0 Å². The lowest BCUT2D eigenvalue weighted by Gasteiger charge is -2.11. The van der Waals surface area contributed by atoms with E-state index in [1.165, 1.54) is 0 Å². The Balaban J connectivity index is 1.98. The van der Waals surface area contributed by atoms with Crippen LogP contribution in [0.25, 0.3) is 0 Å². The fraction of sp³-hybridized carbons (Fsp3) is 0.417. The van der Waals surface area contributed by atoms with Crippen LogP contribution in [0, 0.1) is 0 Å². The van der Waals surface area contributed by atoms with Crippen molar-refractivity contribution in [1.82, 2.24) is 5.32 Å². The monoisotopic (exact) mass is 266 g/mol. The summed E-state index contributed by atoms with van der Waals surface area (Å²) in [5, 5.41) is 5.41. The molecule has 2 N–H and O–H groups in total. The van der Waals surface area contributed by atoms with Crippen molar-refractivity contribution < 1.29 is 13.2 Å². The quantitative estimate of drug-likeness (QED) is 0.808. The first-order valence-corrected chi connectivity index (χ1v) is 7.49. The van der Waals surface area contributed by atoms with Crippen LogP contribution in [0.2, 0.25) is 0 Å². The lowest BCUT2D eigenvalue weighted by Crippen LogP contribution is -2.24.